The summed E-state index contributed by atoms with van der Waals surface area (Å²) >= 11 is 0. The lowest BCUT2D eigenvalue weighted by molar-refractivity contribution is -0.140. The molecule has 0 bridgehead atoms. The highest BCUT2D eigenvalue weighted by atomic mass is 19.1. The van der Waals surface area contributed by atoms with Gasteiger partial charge >= 0.3 is 0 Å². The Bertz CT molecular complexity index is 892. The quantitative estimate of drug-likeness (QED) is 0.597. The van der Waals surface area contributed by atoms with Gasteiger partial charge in [-0.15, -0.1) is 0 Å². The van der Waals surface area contributed by atoms with Crippen LogP contribution in [0.1, 0.15) is 44.1 Å². The molecular weight excluding hydrogens is 413 g/mol. The van der Waals surface area contributed by atoms with E-state index in [1.54, 1.807) is 17.0 Å². The molecule has 3 aliphatic rings. The number of fused-ring (bicyclic) bond motifs is 1. The highest BCUT2D eigenvalue weighted by Gasteiger charge is 2.49. The van der Waals surface area contributed by atoms with E-state index in [1.807, 2.05) is 0 Å². The van der Waals surface area contributed by atoms with Crippen molar-refractivity contribution in [1.82, 2.24) is 15.5 Å². The van der Waals surface area contributed by atoms with Crippen molar-refractivity contribution >= 4 is 24.0 Å². The van der Waals surface area contributed by atoms with Crippen molar-refractivity contribution in [3.05, 3.63) is 35.6 Å². The minimum Gasteiger partial charge on any atom is -0.356 e. The Morgan fingerprint density at radius 2 is 2.12 bits per heavy atom. The van der Waals surface area contributed by atoms with Crippen LogP contribution in [-0.2, 0) is 25.6 Å². The number of hydrogen-bond donors (Lipinski definition) is 2. The van der Waals surface area contributed by atoms with Gasteiger partial charge in [-0.2, -0.15) is 0 Å². The van der Waals surface area contributed by atoms with Gasteiger partial charge in [-0.25, -0.2) is 4.39 Å². The average Bonchev–Trinajstić information content (AvgIpc) is 3.47. The maximum atomic E-state index is 13.4. The van der Waals surface area contributed by atoms with Gasteiger partial charge in [-0.05, 0) is 61.6 Å². The number of aryl methyl sites for hydroxylation is 1. The van der Waals surface area contributed by atoms with E-state index < -0.39 is 12.1 Å². The Kier molecular flexibility index (Phi) is 6.86. The monoisotopic (exact) mass is 443 g/mol. The Morgan fingerprint density at radius 3 is 2.84 bits per heavy atom. The van der Waals surface area contributed by atoms with Crippen molar-refractivity contribution in [1.29, 1.82) is 0 Å². The minimum atomic E-state index is -0.749. The Labute approximate surface area is 187 Å². The first-order valence-electron chi connectivity index (χ1n) is 11.5. The summed E-state index contributed by atoms with van der Waals surface area (Å²) in [7, 11) is 0. The van der Waals surface area contributed by atoms with Gasteiger partial charge in [-0.1, -0.05) is 18.6 Å². The zero-order valence-electron chi connectivity index (χ0n) is 18.1. The second-order valence-electron chi connectivity index (χ2n) is 9.24. The van der Waals surface area contributed by atoms with Crippen LogP contribution < -0.4 is 10.6 Å². The van der Waals surface area contributed by atoms with Crippen molar-refractivity contribution in [3.8, 4) is 0 Å². The van der Waals surface area contributed by atoms with Gasteiger partial charge in [-0.3, -0.25) is 14.4 Å². The molecule has 2 saturated heterocycles. The third kappa shape index (κ3) is 4.84. The maximum absolute atomic E-state index is 13.4. The first kappa shape index (κ1) is 22.4. The lowest BCUT2D eigenvalue weighted by Gasteiger charge is -2.28. The number of benzene rings is 1. The Hall–Kier alpha value is -2.77. The first-order valence-corrected chi connectivity index (χ1v) is 11.5. The van der Waals surface area contributed by atoms with Crippen LogP contribution in [0.3, 0.4) is 0 Å². The van der Waals surface area contributed by atoms with E-state index in [9.17, 15) is 23.6 Å². The predicted octanol–water partition coefficient (Wildman–Crippen LogP) is 1.60. The van der Waals surface area contributed by atoms with E-state index in [-0.39, 0.29) is 48.2 Å². The summed E-state index contributed by atoms with van der Waals surface area (Å²) in [4.78, 5) is 51.4. The second kappa shape index (κ2) is 9.79. The summed E-state index contributed by atoms with van der Waals surface area (Å²) in [6.07, 6.45) is 5.11. The third-order valence-electron chi connectivity index (χ3n) is 7.19. The smallest absolute Gasteiger partial charge is 0.243 e. The molecular formula is C24H30FN3O4. The van der Waals surface area contributed by atoms with Crippen LogP contribution in [0.5, 0.6) is 0 Å². The number of rotatable bonds is 8. The van der Waals surface area contributed by atoms with Gasteiger partial charge in [0, 0.05) is 25.4 Å². The van der Waals surface area contributed by atoms with Crippen LogP contribution in [0.25, 0.3) is 0 Å². The normalized spacial score (nSPS) is 27.7. The van der Waals surface area contributed by atoms with E-state index in [2.05, 4.69) is 10.6 Å². The van der Waals surface area contributed by atoms with Gasteiger partial charge in [0.1, 0.15) is 18.1 Å². The largest absolute Gasteiger partial charge is 0.356 e. The van der Waals surface area contributed by atoms with Crippen molar-refractivity contribution in [2.75, 3.05) is 13.1 Å². The Morgan fingerprint density at radius 1 is 1.28 bits per heavy atom. The second-order valence-corrected chi connectivity index (χ2v) is 9.24. The van der Waals surface area contributed by atoms with Crippen molar-refractivity contribution in [2.45, 2.75) is 57.0 Å². The molecule has 2 aliphatic heterocycles. The molecule has 3 amide bonds. The van der Waals surface area contributed by atoms with E-state index in [0.717, 1.165) is 24.8 Å². The standard InChI is InChI=1S/C24H30FN3O4/c25-18-5-1-3-15(11-18)7-8-21(30)28-13-17-4-2-6-20(17)22(28)24(32)27-19(14-29)12-16-9-10-26-23(16)31/h1,3,5,11,14,16-17,19-20,22H,2,4,6-10,12-13H2,(H,26,31)(H,27,32)/t16-,17-,19-,20-,22-/m0/s1. The first-order chi connectivity index (χ1) is 15.5. The van der Waals surface area contributed by atoms with E-state index in [4.69, 9.17) is 0 Å². The number of aldehydes is 1. The fourth-order valence-corrected chi connectivity index (χ4v) is 5.58. The van der Waals surface area contributed by atoms with Crippen LogP contribution in [0, 0.1) is 23.6 Å². The van der Waals surface area contributed by atoms with Crippen molar-refractivity contribution in [3.63, 3.8) is 0 Å². The molecule has 8 heteroatoms. The van der Waals surface area contributed by atoms with Gasteiger partial charge < -0.3 is 20.3 Å². The molecule has 3 fully saturated rings. The molecule has 5 atom stereocenters. The number of likely N-dealkylation sites (tertiary alicyclic amines) is 1. The molecule has 1 aromatic rings. The summed E-state index contributed by atoms with van der Waals surface area (Å²) in [5.41, 5.74) is 0.745. The zero-order chi connectivity index (χ0) is 22.7. The van der Waals surface area contributed by atoms with Crippen LogP contribution in [0.2, 0.25) is 0 Å². The number of carbonyl (C=O) groups is 4. The summed E-state index contributed by atoms with van der Waals surface area (Å²) in [6, 6.07) is 4.85. The predicted molar refractivity (Wildman–Crippen MR) is 115 cm³/mol. The highest BCUT2D eigenvalue weighted by Crippen LogP contribution is 2.42. The minimum absolute atomic E-state index is 0.0861. The lowest BCUT2D eigenvalue weighted by atomic mass is 9.92. The summed E-state index contributed by atoms with van der Waals surface area (Å²) < 4.78 is 13.4. The third-order valence-corrected chi connectivity index (χ3v) is 7.19. The summed E-state index contributed by atoms with van der Waals surface area (Å²) in [6.45, 7) is 1.13. The van der Waals surface area contributed by atoms with Gasteiger partial charge in [0.25, 0.3) is 0 Å². The van der Waals surface area contributed by atoms with E-state index in [1.165, 1.54) is 12.1 Å². The Balaban J connectivity index is 1.41. The van der Waals surface area contributed by atoms with E-state index in [0.29, 0.717) is 38.1 Å². The summed E-state index contributed by atoms with van der Waals surface area (Å²) in [5, 5.41) is 5.55. The SMILES string of the molecule is O=C[C@H](C[C@@H]1CCNC1=O)NC(=O)[C@@H]1[C@H]2CCC[C@H]2CN1C(=O)CCc1cccc(F)c1. The molecule has 0 radical (unpaired) electrons. The van der Waals surface area contributed by atoms with Crippen LogP contribution in [-0.4, -0.2) is 54.1 Å². The highest BCUT2D eigenvalue weighted by molar-refractivity contribution is 5.90. The van der Waals surface area contributed by atoms with Crippen LogP contribution in [0.4, 0.5) is 4.39 Å². The molecule has 1 aromatic carbocycles. The molecule has 4 rings (SSSR count). The van der Waals surface area contributed by atoms with Crippen molar-refractivity contribution in [2.24, 2.45) is 17.8 Å². The zero-order valence-corrected chi connectivity index (χ0v) is 18.1. The number of hydrogen-bond acceptors (Lipinski definition) is 4. The summed E-state index contributed by atoms with van der Waals surface area (Å²) in [5.74, 6) is -0.752. The van der Waals surface area contributed by atoms with Gasteiger partial charge in [0.15, 0.2) is 0 Å². The number of nitrogens with one attached hydrogen (secondary N) is 2. The topological polar surface area (TPSA) is 95.6 Å². The molecule has 0 aromatic heterocycles. The molecule has 1 aliphatic carbocycles. The van der Waals surface area contributed by atoms with Gasteiger partial charge in [0.05, 0.1) is 6.04 Å². The molecule has 2 N–H and O–H groups in total. The number of carbonyl (C=O) groups excluding carboxylic acids is 4. The molecule has 1 saturated carbocycles. The van der Waals surface area contributed by atoms with Gasteiger partial charge in [0.2, 0.25) is 17.7 Å². The molecule has 7 nitrogen and oxygen atoms in total. The molecule has 0 unspecified atom stereocenters. The van der Waals surface area contributed by atoms with E-state index >= 15 is 0 Å². The molecule has 32 heavy (non-hydrogen) atoms. The van der Waals surface area contributed by atoms with Crippen molar-refractivity contribution < 1.29 is 23.6 Å². The van der Waals surface area contributed by atoms with Crippen LogP contribution in [0.15, 0.2) is 24.3 Å². The number of amides is 3. The average molecular weight is 444 g/mol. The molecule has 0 spiro atoms. The number of nitrogens with zero attached hydrogens (tertiary/aromatic N) is 1. The fraction of sp³-hybridized carbons (Fsp3) is 0.583. The van der Waals surface area contributed by atoms with Crippen LogP contribution >= 0.6 is 0 Å². The number of halogens is 1. The lowest BCUT2D eigenvalue weighted by Crippen LogP contribution is -2.52. The maximum Gasteiger partial charge on any atom is 0.243 e. The fourth-order valence-electron chi connectivity index (χ4n) is 5.58. The molecule has 172 valence electrons. The molecule has 2 heterocycles.